The summed E-state index contributed by atoms with van der Waals surface area (Å²) >= 11 is 6.19. The second-order valence-electron chi connectivity index (χ2n) is 8.74. The van der Waals surface area contributed by atoms with Gasteiger partial charge in [0.2, 0.25) is 5.95 Å². The molecule has 174 valence electrons. The maximum Gasteiger partial charge on any atom is 0.310 e. The Kier molecular flexibility index (Phi) is 7.54. The van der Waals surface area contributed by atoms with Crippen molar-refractivity contribution in [1.29, 1.82) is 0 Å². The SMILES string of the molecule is CC(C)OC(=O)Cc1cnc(NCC2CCC(Nc3ccc4ccnc(Cl)c4n3)CC2)nc1. The Hall–Kier alpha value is -3.00. The summed E-state index contributed by atoms with van der Waals surface area (Å²) in [6.45, 7) is 4.50. The van der Waals surface area contributed by atoms with E-state index in [4.69, 9.17) is 16.3 Å². The number of ether oxygens (including phenoxy) is 1. The number of pyridine rings is 2. The van der Waals surface area contributed by atoms with Crippen LogP contribution in [0.5, 0.6) is 0 Å². The first kappa shape index (κ1) is 23.2. The lowest BCUT2D eigenvalue weighted by molar-refractivity contribution is -0.146. The van der Waals surface area contributed by atoms with E-state index in [-0.39, 0.29) is 18.5 Å². The molecule has 0 saturated heterocycles. The molecule has 0 unspecified atom stereocenters. The van der Waals surface area contributed by atoms with Gasteiger partial charge in [0.05, 0.1) is 12.5 Å². The van der Waals surface area contributed by atoms with E-state index in [0.717, 1.165) is 54.5 Å². The predicted octanol–water partition coefficient (Wildman–Crippen LogP) is 4.65. The lowest BCUT2D eigenvalue weighted by Crippen LogP contribution is -2.29. The molecular weight excluding hydrogens is 440 g/mol. The normalized spacial score (nSPS) is 18.3. The number of hydrogen-bond donors (Lipinski definition) is 2. The van der Waals surface area contributed by atoms with E-state index in [1.807, 2.05) is 32.0 Å². The summed E-state index contributed by atoms with van der Waals surface area (Å²) in [5, 5.41) is 8.29. The van der Waals surface area contributed by atoms with Crippen molar-refractivity contribution in [3.63, 3.8) is 0 Å². The maximum atomic E-state index is 11.7. The zero-order chi connectivity index (χ0) is 23.2. The molecule has 33 heavy (non-hydrogen) atoms. The highest BCUT2D eigenvalue weighted by Crippen LogP contribution is 2.27. The molecule has 1 fully saturated rings. The van der Waals surface area contributed by atoms with Crippen molar-refractivity contribution in [2.45, 2.75) is 58.1 Å². The molecule has 0 spiro atoms. The van der Waals surface area contributed by atoms with Gasteiger partial charge in [0.15, 0.2) is 5.15 Å². The van der Waals surface area contributed by atoms with Crippen LogP contribution in [0.1, 0.15) is 45.1 Å². The third kappa shape index (κ3) is 6.51. The number of nitrogens with zero attached hydrogens (tertiary/aromatic N) is 4. The summed E-state index contributed by atoms with van der Waals surface area (Å²) in [4.78, 5) is 29.2. The number of fused-ring (bicyclic) bond motifs is 1. The highest BCUT2D eigenvalue weighted by molar-refractivity contribution is 6.33. The van der Waals surface area contributed by atoms with E-state index < -0.39 is 0 Å². The summed E-state index contributed by atoms with van der Waals surface area (Å²) in [6, 6.07) is 6.32. The van der Waals surface area contributed by atoms with Crippen LogP contribution in [-0.4, -0.2) is 44.6 Å². The van der Waals surface area contributed by atoms with E-state index in [2.05, 4.69) is 30.6 Å². The Morgan fingerprint density at radius 1 is 1.12 bits per heavy atom. The number of halogens is 1. The Labute approximate surface area is 198 Å². The molecule has 3 heterocycles. The molecule has 0 bridgehead atoms. The van der Waals surface area contributed by atoms with E-state index in [0.29, 0.717) is 23.1 Å². The van der Waals surface area contributed by atoms with Gasteiger partial charge in [-0.05, 0) is 63.6 Å². The second kappa shape index (κ2) is 10.7. The van der Waals surface area contributed by atoms with Gasteiger partial charge in [-0.3, -0.25) is 4.79 Å². The summed E-state index contributed by atoms with van der Waals surface area (Å²) < 4.78 is 5.15. The number of hydrogen-bond acceptors (Lipinski definition) is 8. The summed E-state index contributed by atoms with van der Waals surface area (Å²) in [6.07, 6.45) is 9.48. The average molecular weight is 469 g/mol. The molecule has 8 nitrogen and oxygen atoms in total. The van der Waals surface area contributed by atoms with Gasteiger partial charge in [0, 0.05) is 42.1 Å². The van der Waals surface area contributed by atoms with Crippen LogP contribution in [0.4, 0.5) is 11.8 Å². The number of nitrogens with one attached hydrogen (secondary N) is 2. The number of carbonyl (C=O) groups excluding carboxylic acids is 1. The van der Waals surface area contributed by atoms with E-state index in [1.165, 1.54) is 0 Å². The lowest BCUT2D eigenvalue weighted by atomic mass is 9.86. The predicted molar refractivity (Wildman–Crippen MR) is 129 cm³/mol. The molecule has 0 aliphatic heterocycles. The number of carbonyl (C=O) groups is 1. The van der Waals surface area contributed by atoms with Gasteiger partial charge in [-0.2, -0.15) is 0 Å². The smallest absolute Gasteiger partial charge is 0.310 e. The molecule has 9 heteroatoms. The van der Waals surface area contributed by atoms with Gasteiger partial charge in [0.1, 0.15) is 11.3 Å². The van der Waals surface area contributed by atoms with Crippen molar-refractivity contribution in [3.05, 3.63) is 47.5 Å². The molecule has 2 N–H and O–H groups in total. The van der Waals surface area contributed by atoms with Crippen LogP contribution in [0, 0.1) is 5.92 Å². The summed E-state index contributed by atoms with van der Waals surface area (Å²) in [5.74, 6) is 1.72. The number of esters is 1. The van der Waals surface area contributed by atoms with Gasteiger partial charge in [-0.25, -0.2) is 19.9 Å². The fourth-order valence-electron chi connectivity index (χ4n) is 4.06. The highest BCUT2D eigenvalue weighted by atomic mass is 35.5. The second-order valence-corrected chi connectivity index (χ2v) is 9.10. The van der Waals surface area contributed by atoms with Gasteiger partial charge < -0.3 is 15.4 Å². The standard InChI is InChI=1S/C24H29ClN6O2/c1-15(2)33-21(32)11-17-13-28-24(29-14-17)27-12-16-3-6-19(7-4-16)30-20-8-5-18-9-10-26-23(25)22(18)31-20/h5,8-10,13-16,19H,3-4,6-7,11-12H2,1-2H3,(H,30,31)(H,27,28,29). The Morgan fingerprint density at radius 3 is 2.61 bits per heavy atom. The first-order valence-corrected chi connectivity index (χ1v) is 11.8. The fraction of sp³-hybridized carbons (Fsp3) is 0.458. The maximum absolute atomic E-state index is 11.7. The minimum absolute atomic E-state index is 0.121. The molecule has 3 aromatic rings. The zero-order valence-corrected chi connectivity index (χ0v) is 19.7. The largest absolute Gasteiger partial charge is 0.463 e. The third-order valence-corrected chi connectivity index (χ3v) is 6.01. The van der Waals surface area contributed by atoms with Crippen LogP contribution in [0.25, 0.3) is 10.9 Å². The van der Waals surface area contributed by atoms with Crippen LogP contribution in [0.15, 0.2) is 36.8 Å². The average Bonchev–Trinajstić information content (AvgIpc) is 2.79. The van der Waals surface area contributed by atoms with Crippen molar-refractivity contribution in [3.8, 4) is 0 Å². The van der Waals surface area contributed by atoms with E-state index in [9.17, 15) is 4.79 Å². The molecule has 0 radical (unpaired) electrons. The molecule has 0 aromatic carbocycles. The van der Waals surface area contributed by atoms with Crippen LogP contribution in [-0.2, 0) is 16.0 Å². The number of rotatable bonds is 8. The number of anilines is 2. The molecule has 1 aliphatic rings. The third-order valence-electron chi connectivity index (χ3n) is 5.73. The monoisotopic (exact) mass is 468 g/mol. The molecule has 0 amide bonds. The van der Waals surface area contributed by atoms with Crippen molar-refractivity contribution < 1.29 is 9.53 Å². The summed E-state index contributed by atoms with van der Waals surface area (Å²) in [5.41, 5.74) is 1.47. The van der Waals surface area contributed by atoms with Crippen molar-refractivity contribution in [1.82, 2.24) is 19.9 Å². The van der Waals surface area contributed by atoms with Crippen LogP contribution < -0.4 is 10.6 Å². The van der Waals surface area contributed by atoms with E-state index in [1.54, 1.807) is 18.6 Å². The van der Waals surface area contributed by atoms with Crippen LogP contribution in [0.2, 0.25) is 5.15 Å². The molecule has 1 saturated carbocycles. The Balaban J connectivity index is 1.21. The zero-order valence-electron chi connectivity index (χ0n) is 18.9. The first-order valence-electron chi connectivity index (χ1n) is 11.4. The Morgan fingerprint density at radius 2 is 1.88 bits per heavy atom. The van der Waals surface area contributed by atoms with E-state index >= 15 is 0 Å². The topological polar surface area (TPSA) is 102 Å². The van der Waals surface area contributed by atoms with Crippen LogP contribution >= 0.6 is 11.6 Å². The van der Waals surface area contributed by atoms with Gasteiger partial charge >= 0.3 is 5.97 Å². The minimum Gasteiger partial charge on any atom is -0.463 e. The van der Waals surface area contributed by atoms with Gasteiger partial charge in [-0.1, -0.05) is 11.6 Å². The van der Waals surface area contributed by atoms with Crippen molar-refractivity contribution in [2.24, 2.45) is 5.92 Å². The van der Waals surface area contributed by atoms with Crippen molar-refractivity contribution in [2.75, 3.05) is 17.2 Å². The summed E-state index contributed by atoms with van der Waals surface area (Å²) in [7, 11) is 0. The lowest BCUT2D eigenvalue weighted by Gasteiger charge is -2.29. The highest BCUT2D eigenvalue weighted by Gasteiger charge is 2.21. The molecule has 1 aliphatic carbocycles. The number of aromatic nitrogens is 4. The molecule has 3 aromatic heterocycles. The van der Waals surface area contributed by atoms with Crippen LogP contribution in [0.3, 0.4) is 0 Å². The first-order chi connectivity index (χ1) is 16.0. The molecule has 4 rings (SSSR count). The van der Waals surface area contributed by atoms with Crippen molar-refractivity contribution >= 4 is 40.2 Å². The molecular formula is C24H29ClN6O2. The van der Waals surface area contributed by atoms with Gasteiger partial charge in [-0.15, -0.1) is 0 Å². The minimum atomic E-state index is -0.265. The fourth-order valence-corrected chi connectivity index (χ4v) is 4.27. The Bertz CT molecular complexity index is 1080. The van der Waals surface area contributed by atoms with Gasteiger partial charge in [0.25, 0.3) is 0 Å². The quantitative estimate of drug-likeness (QED) is 0.364. The molecule has 0 atom stereocenters.